The van der Waals surface area contributed by atoms with Crippen molar-refractivity contribution in [2.45, 2.75) is 64.8 Å². The first-order valence-corrected chi connectivity index (χ1v) is 25.5. The van der Waals surface area contributed by atoms with E-state index in [1.165, 1.54) is 36.1 Å². The fraction of sp³-hybridized carbons (Fsp3) is 0.558. The number of piperazine rings is 1. The number of sulfonamides is 1. The molecule has 3 saturated heterocycles. The minimum atomic E-state index is -4.57. The average Bonchev–Trinajstić information content (AvgIpc) is 3.87. The zero-order valence-electron chi connectivity index (χ0n) is 41.7. The van der Waals surface area contributed by atoms with Gasteiger partial charge in [-0.3, -0.25) is 9.13 Å². The number of hydrogen-bond acceptors (Lipinski definition) is 20. The van der Waals surface area contributed by atoms with Gasteiger partial charge in [0.1, 0.15) is 18.7 Å². The number of carbonyl (C=O) groups excluding carboxylic acids is 1. The topological polar surface area (TPSA) is 246 Å². The smallest absolute Gasteiger partial charge is 0.416 e. The van der Waals surface area contributed by atoms with Gasteiger partial charge in [0.25, 0.3) is 0 Å². The third-order valence-corrected chi connectivity index (χ3v) is 13.3. The molecule has 3 fully saturated rings. The fourth-order valence-corrected chi connectivity index (χ4v) is 9.64. The van der Waals surface area contributed by atoms with Crippen molar-refractivity contribution in [3.05, 3.63) is 30.1 Å². The summed E-state index contributed by atoms with van der Waals surface area (Å²) in [5.74, 6) is 1.46. The van der Waals surface area contributed by atoms with E-state index in [0.717, 1.165) is 20.3 Å². The molecule has 406 valence electrons. The van der Waals surface area contributed by atoms with Crippen molar-refractivity contribution < 1.29 is 53.8 Å². The molecular weight excluding hydrogens is 1050 g/mol. The highest BCUT2D eigenvalue weighted by molar-refractivity contribution is 7.88. The largest absolute Gasteiger partial charge is 0.443 e. The quantitative estimate of drug-likeness (QED) is 0.142. The van der Waals surface area contributed by atoms with Gasteiger partial charge in [-0.05, 0) is 39.3 Å². The van der Waals surface area contributed by atoms with Crippen LogP contribution < -0.4 is 24.9 Å². The Kier molecular flexibility index (Phi) is 15.7. The van der Waals surface area contributed by atoms with E-state index < -0.39 is 53.2 Å². The molecule has 6 aromatic rings. The number of nitrogens with one attached hydrogen (secondary N) is 1. The summed E-state index contributed by atoms with van der Waals surface area (Å²) in [6, 6.07) is -0.462. The number of amides is 1. The van der Waals surface area contributed by atoms with E-state index in [-0.39, 0.29) is 70.8 Å². The SMILES string of the molecule is CN(C(=O)OC(C)(C)C)c1ncc(-c2nc(N3CCOCC3)c3nc(Cl)n(CC(F)(F)F)c3n2)cn1.CNc1ncc(-c2nc(N3CCOCC3)c3nc(N4CCN(S(C)(=O)=O)[C@H](C)C4)n(CC(F)(F)F)c3n2)cn1. The number of hydrogen-bond donors (Lipinski definition) is 1. The molecule has 0 saturated carbocycles. The molecule has 0 aliphatic carbocycles. The van der Waals surface area contributed by atoms with Gasteiger partial charge in [-0.2, -0.15) is 30.6 Å². The molecular formula is C43H53ClF6N18O6S. The second kappa shape index (κ2) is 21.6. The van der Waals surface area contributed by atoms with E-state index in [1.807, 2.05) is 9.80 Å². The molecule has 0 aromatic carbocycles. The highest BCUT2D eigenvalue weighted by Crippen LogP contribution is 2.36. The van der Waals surface area contributed by atoms with Crippen LogP contribution in [0, 0.1) is 0 Å². The lowest BCUT2D eigenvalue weighted by Gasteiger charge is -2.38. The Balaban J connectivity index is 0.000000200. The van der Waals surface area contributed by atoms with Gasteiger partial charge in [-0.25, -0.2) is 68.0 Å². The number of nitrogens with zero attached hydrogens (tertiary/aromatic N) is 17. The van der Waals surface area contributed by atoms with Crippen molar-refractivity contribution in [3.8, 4) is 22.8 Å². The Morgan fingerprint density at radius 3 is 1.68 bits per heavy atom. The van der Waals surface area contributed by atoms with Crippen molar-refractivity contribution in [3.63, 3.8) is 0 Å². The maximum Gasteiger partial charge on any atom is 0.416 e. The van der Waals surface area contributed by atoms with E-state index >= 15 is 0 Å². The van der Waals surface area contributed by atoms with Crippen LogP contribution in [0.25, 0.3) is 45.1 Å². The monoisotopic (exact) mass is 1100 g/mol. The molecule has 3 aliphatic heterocycles. The average molecular weight is 1100 g/mol. The number of alkyl halides is 6. The third-order valence-electron chi connectivity index (χ3n) is 11.7. The summed E-state index contributed by atoms with van der Waals surface area (Å²) in [4.78, 5) is 62.5. The second-order valence-electron chi connectivity index (χ2n) is 18.5. The maximum absolute atomic E-state index is 13.9. The van der Waals surface area contributed by atoms with Crippen LogP contribution in [0.4, 0.5) is 60.6 Å². The van der Waals surface area contributed by atoms with Gasteiger partial charge in [0.2, 0.25) is 33.2 Å². The second-order valence-corrected chi connectivity index (χ2v) is 20.8. The van der Waals surface area contributed by atoms with Gasteiger partial charge in [0.05, 0.1) is 43.8 Å². The summed E-state index contributed by atoms with van der Waals surface area (Å²) in [5, 5.41) is 2.47. The molecule has 0 bridgehead atoms. The predicted octanol–water partition coefficient (Wildman–Crippen LogP) is 4.90. The van der Waals surface area contributed by atoms with Crippen LogP contribution in [0.2, 0.25) is 5.28 Å². The van der Waals surface area contributed by atoms with Gasteiger partial charge in [0.15, 0.2) is 45.6 Å². The lowest BCUT2D eigenvalue weighted by Crippen LogP contribution is -2.54. The zero-order valence-corrected chi connectivity index (χ0v) is 43.3. The molecule has 24 nitrogen and oxygen atoms in total. The van der Waals surface area contributed by atoms with Crippen molar-refractivity contribution in [1.29, 1.82) is 0 Å². The summed E-state index contributed by atoms with van der Waals surface area (Å²) in [6.07, 6.45) is -2.88. The number of carbonyl (C=O) groups is 1. The Hall–Kier alpha value is -6.57. The molecule has 6 aromatic heterocycles. The van der Waals surface area contributed by atoms with Crippen LogP contribution in [0.5, 0.6) is 0 Å². The van der Waals surface area contributed by atoms with Crippen molar-refractivity contribution >= 4 is 79.5 Å². The molecule has 32 heteroatoms. The number of morpholine rings is 2. The number of fused-ring (bicyclic) bond motifs is 2. The molecule has 9 rings (SSSR count). The van der Waals surface area contributed by atoms with Gasteiger partial charge in [-0.15, -0.1) is 0 Å². The van der Waals surface area contributed by atoms with Crippen LogP contribution >= 0.6 is 11.6 Å². The van der Waals surface area contributed by atoms with Crippen LogP contribution in [-0.4, -0.2) is 194 Å². The van der Waals surface area contributed by atoms with E-state index in [1.54, 1.807) is 39.6 Å². The Morgan fingerprint density at radius 2 is 1.21 bits per heavy atom. The summed E-state index contributed by atoms with van der Waals surface area (Å²) < 4.78 is 125. The maximum atomic E-state index is 13.9. The molecule has 1 amide bonds. The molecule has 75 heavy (non-hydrogen) atoms. The normalized spacial score (nSPS) is 17.3. The van der Waals surface area contributed by atoms with Gasteiger partial charge in [0, 0.05) is 90.7 Å². The van der Waals surface area contributed by atoms with Gasteiger partial charge < -0.3 is 34.2 Å². The van der Waals surface area contributed by atoms with Crippen LogP contribution in [-0.2, 0) is 37.3 Å². The minimum absolute atomic E-state index is 0.0182. The Bertz CT molecular complexity index is 3110. The van der Waals surface area contributed by atoms with E-state index in [4.69, 9.17) is 30.8 Å². The molecule has 3 aliphatic rings. The number of imidazole rings is 2. The highest BCUT2D eigenvalue weighted by Gasteiger charge is 2.38. The van der Waals surface area contributed by atoms with Crippen molar-refractivity contribution in [1.82, 2.24) is 63.3 Å². The standard InChI is InChI=1S/C22H29F3N10O3S.C21H24ClF3N8O3/c1-14-12-33(4-5-35(14)39(3,36)37)21-29-16-18(32-6-8-38-9-7-32)30-17(15-10-27-20(26-2)28-11-15)31-19(16)34(21)13-22(23,24)25;1-20(2,3)36-19(34)31(4)18-26-9-12(10-27-18)14-29-15(32-5-7-35-8-6-32)13-16(30-14)33(17(22)28-13)11-21(23,24)25/h10-11,14H,4-9,12-13H2,1-3H3,(H,26,27,28);9-10H,5-8,11H2,1-4H3/t14-;/m1./s1. The first kappa shape index (κ1) is 54.7. The summed E-state index contributed by atoms with van der Waals surface area (Å²) in [6.45, 7) is 8.29. The number of rotatable bonds is 10. The Morgan fingerprint density at radius 1 is 0.733 bits per heavy atom. The van der Waals surface area contributed by atoms with E-state index in [9.17, 15) is 39.6 Å². The number of aromatic nitrogens is 12. The number of halogens is 7. The molecule has 0 unspecified atom stereocenters. The zero-order chi connectivity index (χ0) is 54.2. The lowest BCUT2D eigenvalue weighted by atomic mass is 10.2. The molecule has 9 heterocycles. The Labute approximate surface area is 430 Å². The van der Waals surface area contributed by atoms with Crippen molar-refractivity contribution in [2.75, 3.05) is 118 Å². The summed E-state index contributed by atoms with van der Waals surface area (Å²) in [5.41, 5.74) is 0.377. The fourth-order valence-electron chi connectivity index (χ4n) is 8.28. The lowest BCUT2D eigenvalue weighted by molar-refractivity contribution is -0.140. The highest BCUT2D eigenvalue weighted by atomic mass is 35.5. The van der Waals surface area contributed by atoms with Gasteiger partial charge in [-0.1, -0.05) is 0 Å². The molecule has 1 atom stereocenters. The minimum Gasteiger partial charge on any atom is -0.443 e. The van der Waals surface area contributed by atoms with E-state index in [0.29, 0.717) is 81.3 Å². The third kappa shape index (κ3) is 12.9. The van der Waals surface area contributed by atoms with E-state index in [2.05, 4.69) is 50.2 Å². The number of ether oxygens (including phenoxy) is 3. The predicted molar refractivity (Wildman–Crippen MR) is 263 cm³/mol. The molecule has 0 spiro atoms. The number of anilines is 5. The summed E-state index contributed by atoms with van der Waals surface area (Å²) >= 11 is 6.08. The summed E-state index contributed by atoms with van der Waals surface area (Å²) in [7, 11) is -0.338. The van der Waals surface area contributed by atoms with Crippen LogP contribution in [0.15, 0.2) is 24.8 Å². The molecule has 0 radical (unpaired) electrons. The molecule has 1 N–H and O–H groups in total. The van der Waals surface area contributed by atoms with Crippen molar-refractivity contribution in [2.24, 2.45) is 0 Å². The first-order valence-electron chi connectivity index (χ1n) is 23.3. The van der Waals surface area contributed by atoms with Crippen LogP contribution in [0.3, 0.4) is 0 Å². The van der Waals surface area contributed by atoms with Crippen LogP contribution in [0.1, 0.15) is 27.7 Å². The first-order chi connectivity index (χ1) is 35.3. The van der Waals surface area contributed by atoms with Gasteiger partial charge >= 0.3 is 18.4 Å².